The Balaban J connectivity index is 1.20. The van der Waals surface area contributed by atoms with Gasteiger partial charge in [-0.25, -0.2) is 4.79 Å². The zero-order valence-corrected chi connectivity index (χ0v) is 22.1. The smallest absolute Gasteiger partial charge is 0.341 e. The van der Waals surface area contributed by atoms with Gasteiger partial charge in [0.1, 0.15) is 22.8 Å². The standard InChI is InChI=1S/C29H29Cl2NO5/c1-35-27(33)19-5-2-3-8-22(19)36-18-11-13-28(14-12-18)15-29(34,16-28)24-25(32-37-26(24)17-9-10-17)23-20(30)6-4-7-21(23)31/h2-8,17-18,34H,9-16H2,1H3. The van der Waals surface area contributed by atoms with E-state index in [0.717, 1.165) is 49.8 Å². The van der Waals surface area contributed by atoms with Crippen molar-refractivity contribution in [3.63, 3.8) is 0 Å². The van der Waals surface area contributed by atoms with Crippen LogP contribution < -0.4 is 4.74 Å². The van der Waals surface area contributed by atoms with Gasteiger partial charge in [-0.2, -0.15) is 0 Å². The molecule has 2 aromatic carbocycles. The number of benzene rings is 2. The number of carbonyl (C=O) groups excluding carboxylic acids is 1. The topological polar surface area (TPSA) is 81.8 Å². The maximum Gasteiger partial charge on any atom is 0.341 e. The molecule has 0 radical (unpaired) electrons. The van der Waals surface area contributed by atoms with Crippen LogP contribution in [0, 0.1) is 5.41 Å². The van der Waals surface area contributed by atoms with Crippen molar-refractivity contribution in [2.45, 2.75) is 69.0 Å². The Bertz CT molecular complexity index is 1310. The van der Waals surface area contributed by atoms with Gasteiger partial charge in [0, 0.05) is 11.5 Å². The highest BCUT2D eigenvalue weighted by Gasteiger charge is 2.58. The van der Waals surface area contributed by atoms with Crippen molar-refractivity contribution >= 4 is 29.2 Å². The summed E-state index contributed by atoms with van der Waals surface area (Å²) in [6.45, 7) is 0. The number of aromatic nitrogens is 1. The van der Waals surface area contributed by atoms with Crippen LogP contribution in [-0.4, -0.2) is 29.4 Å². The number of ether oxygens (including phenoxy) is 2. The van der Waals surface area contributed by atoms with Crippen LogP contribution in [0.2, 0.25) is 10.0 Å². The second kappa shape index (κ2) is 9.33. The molecule has 3 aliphatic rings. The lowest BCUT2D eigenvalue weighted by Gasteiger charge is -2.56. The maximum atomic E-state index is 12.1. The lowest BCUT2D eigenvalue weighted by molar-refractivity contribution is -0.156. The minimum absolute atomic E-state index is 0.0141. The summed E-state index contributed by atoms with van der Waals surface area (Å²) < 4.78 is 17.0. The van der Waals surface area contributed by atoms with E-state index < -0.39 is 11.6 Å². The van der Waals surface area contributed by atoms with Crippen LogP contribution in [0.25, 0.3) is 11.3 Å². The fourth-order valence-electron chi connectivity index (χ4n) is 6.34. The molecular weight excluding hydrogens is 513 g/mol. The van der Waals surface area contributed by atoms with Gasteiger partial charge in [0.25, 0.3) is 0 Å². The molecule has 3 fully saturated rings. The van der Waals surface area contributed by atoms with E-state index in [9.17, 15) is 9.90 Å². The largest absolute Gasteiger partial charge is 0.490 e. The van der Waals surface area contributed by atoms with Crippen LogP contribution >= 0.6 is 23.2 Å². The average molecular weight is 542 g/mol. The molecule has 0 aliphatic heterocycles. The van der Waals surface area contributed by atoms with Gasteiger partial charge in [-0.05, 0) is 81.0 Å². The Kier molecular flexibility index (Phi) is 6.25. The summed E-state index contributed by atoms with van der Waals surface area (Å²) in [4.78, 5) is 12.1. The van der Waals surface area contributed by atoms with E-state index >= 15 is 0 Å². The Morgan fingerprint density at radius 3 is 2.35 bits per heavy atom. The third-order valence-electron chi connectivity index (χ3n) is 8.25. The van der Waals surface area contributed by atoms with Gasteiger partial charge in [0.15, 0.2) is 0 Å². The van der Waals surface area contributed by atoms with Crippen LogP contribution in [0.4, 0.5) is 0 Å². The Labute approximate surface area is 225 Å². The second-order valence-corrected chi connectivity index (χ2v) is 11.6. The van der Waals surface area contributed by atoms with Crippen LogP contribution in [0.5, 0.6) is 5.75 Å². The molecule has 1 N–H and O–H groups in total. The van der Waals surface area contributed by atoms with E-state index in [2.05, 4.69) is 5.16 Å². The zero-order valence-electron chi connectivity index (χ0n) is 20.6. The van der Waals surface area contributed by atoms with Crippen molar-refractivity contribution in [3.8, 4) is 17.0 Å². The molecule has 0 amide bonds. The predicted molar refractivity (Wildman–Crippen MR) is 140 cm³/mol. The molecule has 3 aromatic rings. The van der Waals surface area contributed by atoms with E-state index in [1.807, 2.05) is 12.1 Å². The summed E-state index contributed by atoms with van der Waals surface area (Å²) in [7, 11) is 1.37. The monoisotopic (exact) mass is 541 g/mol. The predicted octanol–water partition coefficient (Wildman–Crippen LogP) is 7.30. The number of methoxy groups -OCH3 is 1. The zero-order chi connectivity index (χ0) is 25.8. The quantitative estimate of drug-likeness (QED) is 0.329. The first kappa shape index (κ1) is 24.8. The third kappa shape index (κ3) is 4.43. The Morgan fingerprint density at radius 2 is 1.70 bits per heavy atom. The van der Waals surface area contributed by atoms with Gasteiger partial charge >= 0.3 is 5.97 Å². The van der Waals surface area contributed by atoms with Gasteiger partial charge in [0.05, 0.1) is 34.4 Å². The summed E-state index contributed by atoms with van der Waals surface area (Å²) in [5.41, 5.74) is 1.39. The maximum absolute atomic E-state index is 12.1. The highest BCUT2D eigenvalue weighted by molar-refractivity contribution is 6.39. The molecule has 3 saturated carbocycles. The number of nitrogens with zero attached hydrogens (tertiary/aromatic N) is 1. The Hall–Kier alpha value is -2.54. The lowest BCUT2D eigenvalue weighted by Crippen LogP contribution is -2.52. The van der Waals surface area contributed by atoms with Crippen molar-refractivity contribution in [2.24, 2.45) is 5.41 Å². The van der Waals surface area contributed by atoms with E-state index in [-0.39, 0.29) is 17.4 Å². The molecule has 8 heteroatoms. The SMILES string of the molecule is COC(=O)c1ccccc1OC1CCC2(CC1)CC(O)(c1c(-c3c(Cl)cccc3Cl)noc1C1CC1)C2. The van der Waals surface area contributed by atoms with Gasteiger partial charge in [-0.3, -0.25) is 0 Å². The van der Waals surface area contributed by atoms with Gasteiger partial charge in [-0.1, -0.05) is 46.6 Å². The first-order chi connectivity index (χ1) is 17.8. The minimum Gasteiger partial charge on any atom is -0.490 e. The molecule has 1 spiro atoms. The first-order valence-electron chi connectivity index (χ1n) is 12.8. The molecule has 1 aromatic heterocycles. The van der Waals surface area contributed by atoms with Crippen molar-refractivity contribution < 1.29 is 23.9 Å². The number of hydrogen-bond donors (Lipinski definition) is 1. The number of hydrogen-bond acceptors (Lipinski definition) is 6. The lowest BCUT2D eigenvalue weighted by atomic mass is 9.51. The molecule has 6 rings (SSSR count). The number of carbonyl (C=O) groups is 1. The van der Waals surface area contributed by atoms with Gasteiger partial charge in [0.2, 0.25) is 0 Å². The molecule has 0 bridgehead atoms. The second-order valence-electron chi connectivity index (χ2n) is 10.8. The van der Waals surface area contributed by atoms with Crippen molar-refractivity contribution in [1.29, 1.82) is 0 Å². The number of rotatable bonds is 6. The number of esters is 1. The van der Waals surface area contributed by atoms with Crippen molar-refractivity contribution in [3.05, 3.63) is 69.4 Å². The molecule has 3 aliphatic carbocycles. The summed E-state index contributed by atoms with van der Waals surface area (Å²) in [5.74, 6) is 1.22. The molecule has 6 nitrogen and oxygen atoms in total. The van der Waals surface area contributed by atoms with Gasteiger partial charge in [-0.15, -0.1) is 0 Å². The normalized spacial score (nSPS) is 27.1. The van der Waals surface area contributed by atoms with E-state index in [1.165, 1.54) is 7.11 Å². The van der Waals surface area contributed by atoms with Crippen LogP contribution in [-0.2, 0) is 10.3 Å². The molecule has 194 valence electrons. The van der Waals surface area contributed by atoms with Crippen LogP contribution in [0.15, 0.2) is 47.0 Å². The summed E-state index contributed by atoms with van der Waals surface area (Å²) in [6.07, 6.45) is 6.94. The number of aliphatic hydroxyl groups is 1. The fourth-order valence-corrected chi connectivity index (χ4v) is 6.92. The molecule has 0 saturated heterocycles. The number of halogens is 2. The average Bonchev–Trinajstić information content (AvgIpc) is 3.63. The molecule has 1 heterocycles. The molecule has 37 heavy (non-hydrogen) atoms. The molecular formula is C29H29Cl2NO5. The van der Waals surface area contributed by atoms with E-state index in [0.29, 0.717) is 45.5 Å². The molecule has 0 atom stereocenters. The van der Waals surface area contributed by atoms with Crippen molar-refractivity contribution in [1.82, 2.24) is 5.16 Å². The van der Waals surface area contributed by atoms with Gasteiger partial charge < -0.3 is 19.1 Å². The van der Waals surface area contributed by atoms with E-state index in [4.69, 9.17) is 37.2 Å². The summed E-state index contributed by atoms with van der Waals surface area (Å²) in [6, 6.07) is 12.6. The van der Waals surface area contributed by atoms with Crippen molar-refractivity contribution in [2.75, 3.05) is 7.11 Å². The van der Waals surface area contributed by atoms with Crippen LogP contribution in [0.1, 0.15) is 79.0 Å². The first-order valence-corrected chi connectivity index (χ1v) is 13.6. The summed E-state index contributed by atoms with van der Waals surface area (Å²) in [5, 5.41) is 17.3. The fraction of sp³-hybridized carbons (Fsp3) is 0.448. The highest BCUT2D eigenvalue weighted by Crippen LogP contribution is 2.64. The number of para-hydroxylation sites is 1. The summed E-state index contributed by atoms with van der Waals surface area (Å²) >= 11 is 13.1. The van der Waals surface area contributed by atoms with Crippen LogP contribution in [0.3, 0.4) is 0 Å². The highest BCUT2D eigenvalue weighted by atomic mass is 35.5. The molecule has 0 unspecified atom stereocenters. The Morgan fingerprint density at radius 1 is 1.03 bits per heavy atom. The third-order valence-corrected chi connectivity index (χ3v) is 8.88. The van der Waals surface area contributed by atoms with E-state index in [1.54, 1.807) is 30.3 Å². The minimum atomic E-state index is -1.03.